The SMILES string of the molecule is N#Cc1ccc(-c2ccc([C@@H]3[C@@H](CO)N4C(=O)CN(C(=O)C5CCC5)C[C@@H]34)cc2)cc1. The molecule has 2 saturated heterocycles. The summed E-state index contributed by atoms with van der Waals surface area (Å²) in [6.07, 6.45) is 2.95. The first-order chi connectivity index (χ1) is 15.1. The van der Waals surface area contributed by atoms with Gasteiger partial charge in [-0.1, -0.05) is 42.8 Å². The minimum Gasteiger partial charge on any atom is -0.394 e. The molecule has 2 aliphatic heterocycles. The average molecular weight is 415 g/mol. The van der Waals surface area contributed by atoms with Crippen molar-refractivity contribution in [2.24, 2.45) is 5.92 Å². The Morgan fingerprint density at radius 2 is 1.71 bits per heavy atom. The minimum absolute atomic E-state index is 0.0148. The smallest absolute Gasteiger partial charge is 0.242 e. The standard InChI is InChI=1S/C25H25N3O3/c26-12-16-4-6-17(7-5-16)18-8-10-19(11-9-18)24-21-13-27(25(31)20-2-1-3-20)14-23(30)28(21)22(24)15-29/h4-11,20-22,24,29H,1-3,13-15H2/t21-,22+,24-/m0/s1. The quantitative estimate of drug-likeness (QED) is 0.832. The number of nitrogens with zero attached hydrogens (tertiary/aromatic N) is 3. The van der Waals surface area contributed by atoms with E-state index < -0.39 is 0 Å². The number of fused-ring (bicyclic) bond motifs is 1. The van der Waals surface area contributed by atoms with E-state index in [1.807, 2.05) is 24.3 Å². The van der Waals surface area contributed by atoms with E-state index in [2.05, 4.69) is 18.2 Å². The number of amides is 2. The summed E-state index contributed by atoms with van der Waals surface area (Å²) in [7, 11) is 0. The van der Waals surface area contributed by atoms with Gasteiger partial charge in [-0.2, -0.15) is 5.26 Å². The second kappa shape index (κ2) is 7.82. The van der Waals surface area contributed by atoms with Gasteiger partial charge in [0.25, 0.3) is 0 Å². The van der Waals surface area contributed by atoms with E-state index in [-0.39, 0.29) is 48.9 Å². The van der Waals surface area contributed by atoms with E-state index in [9.17, 15) is 14.7 Å². The normalized spacial score (nSPS) is 25.3. The summed E-state index contributed by atoms with van der Waals surface area (Å²) in [6.45, 7) is 0.590. The van der Waals surface area contributed by atoms with Gasteiger partial charge in [0.15, 0.2) is 0 Å². The largest absolute Gasteiger partial charge is 0.394 e. The van der Waals surface area contributed by atoms with Crippen LogP contribution >= 0.6 is 0 Å². The second-order valence-corrected chi connectivity index (χ2v) is 8.80. The van der Waals surface area contributed by atoms with Crippen LogP contribution in [0.25, 0.3) is 11.1 Å². The molecule has 0 unspecified atom stereocenters. The van der Waals surface area contributed by atoms with E-state index in [4.69, 9.17) is 5.26 Å². The number of aliphatic hydroxyl groups excluding tert-OH is 1. The van der Waals surface area contributed by atoms with Crippen LogP contribution in [0.15, 0.2) is 48.5 Å². The molecule has 6 nitrogen and oxygen atoms in total. The molecule has 0 aromatic heterocycles. The number of hydrogen-bond donors (Lipinski definition) is 1. The first kappa shape index (κ1) is 19.8. The van der Waals surface area contributed by atoms with Gasteiger partial charge in [-0.15, -0.1) is 0 Å². The zero-order chi connectivity index (χ0) is 21.5. The Bertz CT molecular complexity index is 1040. The summed E-state index contributed by atoms with van der Waals surface area (Å²) >= 11 is 0. The molecule has 31 heavy (non-hydrogen) atoms. The number of rotatable bonds is 4. The molecule has 2 aromatic carbocycles. The maximum atomic E-state index is 12.7. The Hall–Kier alpha value is -3.17. The van der Waals surface area contributed by atoms with Gasteiger partial charge < -0.3 is 14.9 Å². The number of carbonyl (C=O) groups excluding carboxylic acids is 2. The first-order valence-electron chi connectivity index (χ1n) is 10.9. The molecule has 3 atom stereocenters. The summed E-state index contributed by atoms with van der Waals surface area (Å²) in [5.41, 5.74) is 3.78. The highest BCUT2D eigenvalue weighted by molar-refractivity contribution is 5.89. The molecule has 0 radical (unpaired) electrons. The van der Waals surface area contributed by atoms with Crippen molar-refractivity contribution in [3.63, 3.8) is 0 Å². The molecule has 2 amide bonds. The molecular weight excluding hydrogens is 390 g/mol. The number of benzene rings is 2. The van der Waals surface area contributed by atoms with Gasteiger partial charge in [0.05, 0.1) is 36.9 Å². The maximum absolute atomic E-state index is 12.7. The Morgan fingerprint density at radius 1 is 1.06 bits per heavy atom. The van der Waals surface area contributed by atoms with Crippen molar-refractivity contribution in [3.8, 4) is 17.2 Å². The molecule has 3 fully saturated rings. The van der Waals surface area contributed by atoms with Crippen LogP contribution in [-0.2, 0) is 9.59 Å². The van der Waals surface area contributed by atoms with Gasteiger partial charge in [0.1, 0.15) is 0 Å². The zero-order valence-electron chi connectivity index (χ0n) is 17.3. The lowest BCUT2D eigenvalue weighted by Crippen LogP contribution is -2.73. The molecule has 1 aliphatic carbocycles. The fraction of sp³-hybridized carbons (Fsp3) is 0.400. The van der Waals surface area contributed by atoms with Gasteiger partial charge in [0.2, 0.25) is 11.8 Å². The van der Waals surface area contributed by atoms with Crippen molar-refractivity contribution in [1.29, 1.82) is 5.26 Å². The van der Waals surface area contributed by atoms with Crippen LogP contribution in [-0.4, -0.2) is 58.5 Å². The lowest BCUT2D eigenvalue weighted by Gasteiger charge is -2.59. The van der Waals surface area contributed by atoms with Gasteiger partial charge in [-0.05, 0) is 41.7 Å². The minimum atomic E-state index is -0.237. The van der Waals surface area contributed by atoms with Crippen LogP contribution in [0.2, 0.25) is 0 Å². The fourth-order valence-electron chi connectivity index (χ4n) is 5.22. The predicted octanol–water partition coefficient (Wildman–Crippen LogP) is 2.52. The third kappa shape index (κ3) is 3.30. The Kier molecular flexibility index (Phi) is 4.99. The number of nitriles is 1. The van der Waals surface area contributed by atoms with E-state index in [0.717, 1.165) is 36.0 Å². The molecule has 2 aromatic rings. The van der Waals surface area contributed by atoms with Crippen molar-refractivity contribution in [3.05, 3.63) is 59.7 Å². The van der Waals surface area contributed by atoms with Crippen LogP contribution in [0.3, 0.4) is 0 Å². The van der Waals surface area contributed by atoms with Crippen molar-refractivity contribution in [1.82, 2.24) is 9.80 Å². The monoisotopic (exact) mass is 415 g/mol. The van der Waals surface area contributed by atoms with Crippen molar-refractivity contribution >= 4 is 11.8 Å². The van der Waals surface area contributed by atoms with Crippen molar-refractivity contribution in [2.75, 3.05) is 19.7 Å². The van der Waals surface area contributed by atoms with Crippen molar-refractivity contribution < 1.29 is 14.7 Å². The number of hydrogen-bond acceptors (Lipinski definition) is 4. The molecule has 158 valence electrons. The highest BCUT2D eigenvalue weighted by Gasteiger charge is 2.54. The first-order valence-corrected chi connectivity index (χ1v) is 10.9. The van der Waals surface area contributed by atoms with Gasteiger partial charge in [0, 0.05) is 18.4 Å². The summed E-state index contributed by atoms with van der Waals surface area (Å²) in [5, 5.41) is 18.9. The van der Waals surface area contributed by atoms with E-state index in [1.165, 1.54) is 0 Å². The predicted molar refractivity (Wildman–Crippen MR) is 115 cm³/mol. The Labute approximate surface area is 181 Å². The molecule has 2 heterocycles. The second-order valence-electron chi connectivity index (χ2n) is 8.80. The summed E-state index contributed by atoms with van der Waals surface area (Å²) in [4.78, 5) is 29.0. The lowest BCUT2D eigenvalue weighted by atomic mass is 9.73. The number of piperazine rings is 1. The van der Waals surface area contributed by atoms with Gasteiger partial charge in [-0.3, -0.25) is 9.59 Å². The topological polar surface area (TPSA) is 84.6 Å². The summed E-state index contributed by atoms with van der Waals surface area (Å²) < 4.78 is 0. The molecule has 1 N–H and O–H groups in total. The highest BCUT2D eigenvalue weighted by Crippen LogP contribution is 2.44. The van der Waals surface area contributed by atoms with Crippen LogP contribution in [0, 0.1) is 17.2 Å². The van der Waals surface area contributed by atoms with Crippen molar-refractivity contribution in [2.45, 2.75) is 37.3 Å². The van der Waals surface area contributed by atoms with E-state index >= 15 is 0 Å². The molecule has 6 heteroatoms. The molecular formula is C25H25N3O3. The molecule has 3 aliphatic rings. The van der Waals surface area contributed by atoms with E-state index in [0.29, 0.717) is 12.1 Å². The fourth-order valence-corrected chi connectivity index (χ4v) is 5.22. The lowest BCUT2D eigenvalue weighted by molar-refractivity contribution is -0.169. The summed E-state index contributed by atoms with van der Waals surface area (Å²) in [5.74, 6) is 0.147. The summed E-state index contributed by atoms with van der Waals surface area (Å²) in [6, 6.07) is 17.5. The average Bonchev–Trinajstić information content (AvgIpc) is 2.74. The van der Waals surface area contributed by atoms with Gasteiger partial charge in [-0.25, -0.2) is 0 Å². The third-order valence-corrected chi connectivity index (χ3v) is 7.16. The zero-order valence-corrected chi connectivity index (χ0v) is 17.3. The Morgan fingerprint density at radius 3 is 2.26 bits per heavy atom. The third-order valence-electron chi connectivity index (χ3n) is 7.16. The highest BCUT2D eigenvalue weighted by atomic mass is 16.3. The molecule has 0 bridgehead atoms. The van der Waals surface area contributed by atoms with Crippen LogP contribution in [0.1, 0.15) is 36.3 Å². The van der Waals surface area contributed by atoms with E-state index in [1.54, 1.807) is 21.9 Å². The van der Waals surface area contributed by atoms with Crippen LogP contribution in [0.4, 0.5) is 0 Å². The maximum Gasteiger partial charge on any atom is 0.242 e. The molecule has 5 rings (SSSR count). The Balaban J connectivity index is 1.36. The molecule has 0 spiro atoms. The molecule has 1 saturated carbocycles. The number of aliphatic hydroxyl groups is 1. The van der Waals surface area contributed by atoms with Crippen LogP contribution in [0.5, 0.6) is 0 Å². The van der Waals surface area contributed by atoms with Crippen LogP contribution < -0.4 is 0 Å². The van der Waals surface area contributed by atoms with Gasteiger partial charge >= 0.3 is 0 Å². The number of carbonyl (C=O) groups is 2.